The number of hydrogen-bond acceptors (Lipinski definition) is 4. The van der Waals surface area contributed by atoms with Gasteiger partial charge >= 0.3 is 12.1 Å². The van der Waals surface area contributed by atoms with Gasteiger partial charge in [-0.05, 0) is 26.2 Å². The van der Waals surface area contributed by atoms with Gasteiger partial charge in [-0.15, -0.1) is 11.3 Å². The van der Waals surface area contributed by atoms with Crippen LogP contribution in [0, 0.1) is 0 Å². The third-order valence-corrected chi connectivity index (χ3v) is 4.30. The lowest BCUT2D eigenvalue weighted by Crippen LogP contribution is -2.30. The van der Waals surface area contributed by atoms with Crippen LogP contribution in [0.3, 0.4) is 0 Å². The van der Waals surface area contributed by atoms with E-state index in [0.29, 0.717) is 24.4 Å². The Labute approximate surface area is 111 Å². The maximum atomic E-state index is 12.8. The fourth-order valence-electron chi connectivity index (χ4n) is 1.99. The zero-order valence-electron chi connectivity index (χ0n) is 10.1. The highest BCUT2D eigenvalue weighted by atomic mass is 32.1. The number of thiazole rings is 1. The van der Waals surface area contributed by atoms with E-state index in [-0.39, 0.29) is 5.01 Å². The Balaban J connectivity index is 2.45. The van der Waals surface area contributed by atoms with Gasteiger partial charge in [0, 0.05) is 6.61 Å². The summed E-state index contributed by atoms with van der Waals surface area (Å²) in [6, 6.07) is 0. The monoisotopic (exact) mass is 295 g/mol. The summed E-state index contributed by atoms with van der Waals surface area (Å²) in [6.45, 7) is 2.09. The minimum Gasteiger partial charge on any atom is -0.477 e. The fourth-order valence-corrected chi connectivity index (χ4v) is 3.04. The zero-order valence-corrected chi connectivity index (χ0v) is 10.9. The summed E-state index contributed by atoms with van der Waals surface area (Å²) in [5, 5.41) is 8.93. The first-order chi connectivity index (χ1) is 8.74. The molecule has 0 radical (unpaired) electrons. The van der Waals surface area contributed by atoms with Gasteiger partial charge in [0.2, 0.25) is 0 Å². The van der Waals surface area contributed by atoms with E-state index in [4.69, 9.17) is 9.84 Å². The van der Waals surface area contributed by atoms with Crippen LogP contribution in [0.1, 0.15) is 46.6 Å². The Kier molecular flexibility index (Phi) is 3.57. The molecule has 0 saturated carbocycles. The first kappa shape index (κ1) is 14.3. The molecule has 1 unspecified atom stereocenters. The number of aromatic nitrogens is 1. The SMILES string of the molecule is CC1(c2nc(C(F)(F)F)c(C(=O)O)s2)CCCCO1. The Morgan fingerprint density at radius 2 is 2.16 bits per heavy atom. The number of nitrogens with zero attached hydrogens (tertiary/aromatic N) is 1. The van der Waals surface area contributed by atoms with Crippen LogP contribution in [0.2, 0.25) is 0 Å². The summed E-state index contributed by atoms with van der Waals surface area (Å²) in [5.74, 6) is -1.62. The summed E-state index contributed by atoms with van der Waals surface area (Å²) in [4.78, 5) is 13.6. The molecule has 4 nitrogen and oxygen atoms in total. The summed E-state index contributed by atoms with van der Waals surface area (Å²) in [7, 11) is 0. The van der Waals surface area contributed by atoms with Crippen LogP contribution in [-0.2, 0) is 16.5 Å². The van der Waals surface area contributed by atoms with Crippen molar-refractivity contribution in [1.82, 2.24) is 4.98 Å². The number of carboxylic acids is 1. The zero-order chi connectivity index (χ0) is 14.3. The number of hydrogen-bond donors (Lipinski definition) is 1. The molecule has 2 rings (SSSR count). The van der Waals surface area contributed by atoms with Crippen molar-refractivity contribution in [2.45, 2.75) is 38.0 Å². The van der Waals surface area contributed by atoms with E-state index in [1.165, 1.54) is 0 Å². The molecule has 2 heterocycles. The van der Waals surface area contributed by atoms with E-state index >= 15 is 0 Å². The normalized spacial score (nSPS) is 24.4. The highest BCUT2D eigenvalue weighted by molar-refractivity contribution is 7.13. The minimum atomic E-state index is -4.77. The molecule has 19 heavy (non-hydrogen) atoms. The molecule has 0 aromatic carbocycles. The maximum Gasteiger partial charge on any atom is 0.435 e. The van der Waals surface area contributed by atoms with Gasteiger partial charge in [0.25, 0.3) is 0 Å². The molecule has 1 atom stereocenters. The molecule has 0 spiro atoms. The van der Waals surface area contributed by atoms with E-state index in [0.717, 1.165) is 12.8 Å². The Bertz CT molecular complexity index is 492. The van der Waals surface area contributed by atoms with Crippen LogP contribution in [0.15, 0.2) is 0 Å². The molecule has 0 bridgehead atoms. The highest BCUT2D eigenvalue weighted by Crippen LogP contribution is 2.41. The van der Waals surface area contributed by atoms with Gasteiger partial charge in [-0.2, -0.15) is 13.2 Å². The number of carbonyl (C=O) groups is 1. The van der Waals surface area contributed by atoms with Crippen molar-refractivity contribution >= 4 is 17.3 Å². The van der Waals surface area contributed by atoms with Crippen molar-refractivity contribution in [3.8, 4) is 0 Å². The third kappa shape index (κ3) is 2.74. The molecule has 1 aliphatic rings. The van der Waals surface area contributed by atoms with Crippen molar-refractivity contribution in [2.24, 2.45) is 0 Å². The Morgan fingerprint density at radius 3 is 2.58 bits per heavy atom. The largest absolute Gasteiger partial charge is 0.477 e. The second-order valence-electron chi connectivity index (χ2n) is 4.54. The molecular formula is C11H12F3NO3S. The van der Waals surface area contributed by atoms with Gasteiger partial charge in [0.15, 0.2) is 5.69 Å². The van der Waals surface area contributed by atoms with Crippen LogP contribution in [0.4, 0.5) is 13.2 Å². The average Bonchev–Trinajstić information content (AvgIpc) is 2.75. The minimum absolute atomic E-state index is 0.0805. The van der Waals surface area contributed by atoms with Crippen LogP contribution < -0.4 is 0 Å². The Morgan fingerprint density at radius 1 is 1.47 bits per heavy atom. The number of alkyl halides is 3. The average molecular weight is 295 g/mol. The molecule has 1 fully saturated rings. The molecular weight excluding hydrogens is 283 g/mol. The topological polar surface area (TPSA) is 59.4 Å². The van der Waals surface area contributed by atoms with Crippen LogP contribution in [0.25, 0.3) is 0 Å². The second-order valence-corrected chi connectivity index (χ2v) is 5.54. The summed E-state index contributed by atoms with van der Waals surface area (Å²) < 4.78 is 43.8. The molecule has 0 aliphatic carbocycles. The molecule has 8 heteroatoms. The van der Waals surface area contributed by atoms with Crippen LogP contribution >= 0.6 is 11.3 Å². The lowest BCUT2D eigenvalue weighted by Gasteiger charge is -2.31. The van der Waals surface area contributed by atoms with Crippen LogP contribution in [-0.4, -0.2) is 22.7 Å². The molecule has 1 aromatic rings. The van der Waals surface area contributed by atoms with Crippen molar-refractivity contribution < 1.29 is 27.8 Å². The third-order valence-electron chi connectivity index (χ3n) is 3.01. The number of ether oxygens (including phenoxy) is 1. The molecule has 0 amide bonds. The number of aromatic carboxylic acids is 1. The molecule has 1 aliphatic heterocycles. The van der Waals surface area contributed by atoms with Gasteiger partial charge in [0.05, 0.1) is 0 Å². The lowest BCUT2D eigenvalue weighted by molar-refractivity contribution is -0.141. The van der Waals surface area contributed by atoms with Crippen molar-refractivity contribution in [2.75, 3.05) is 6.61 Å². The molecule has 1 N–H and O–H groups in total. The number of carboxylic acid groups (broad SMARTS) is 1. The van der Waals surface area contributed by atoms with Gasteiger partial charge in [0.1, 0.15) is 15.5 Å². The highest BCUT2D eigenvalue weighted by Gasteiger charge is 2.43. The van der Waals surface area contributed by atoms with E-state index in [1.54, 1.807) is 6.92 Å². The predicted octanol–water partition coefficient (Wildman–Crippen LogP) is 3.28. The van der Waals surface area contributed by atoms with Gasteiger partial charge in [-0.25, -0.2) is 9.78 Å². The number of rotatable bonds is 2. The van der Waals surface area contributed by atoms with Crippen molar-refractivity contribution in [1.29, 1.82) is 0 Å². The van der Waals surface area contributed by atoms with Gasteiger partial charge in [-0.3, -0.25) is 0 Å². The first-order valence-corrected chi connectivity index (χ1v) is 6.51. The van der Waals surface area contributed by atoms with Crippen molar-refractivity contribution in [3.05, 3.63) is 15.6 Å². The van der Waals surface area contributed by atoms with Crippen LogP contribution in [0.5, 0.6) is 0 Å². The summed E-state index contributed by atoms with van der Waals surface area (Å²) in [5.41, 5.74) is -2.26. The van der Waals surface area contributed by atoms with E-state index < -0.39 is 28.3 Å². The van der Waals surface area contributed by atoms with Gasteiger partial charge in [-0.1, -0.05) is 0 Å². The van der Waals surface area contributed by atoms with Crippen molar-refractivity contribution in [3.63, 3.8) is 0 Å². The summed E-state index contributed by atoms with van der Waals surface area (Å²) >= 11 is 0.544. The standard InChI is InChI=1S/C11H12F3NO3S/c1-10(4-2-3-5-18-10)9-15-7(11(12,13)14)6(19-9)8(16)17/h2-5H2,1H3,(H,16,17). The Hall–Kier alpha value is -1.15. The maximum absolute atomic E-state index is 12.8. The van der Waals surface area contributed by atoms with E-state index in [9.17, 15) is 18.0 Å². The summed E-state index contributed by atoms with van der Waals surface area (Å²) in [6.07, 6.45) is -2.57. The lowest BCUT2D eigenvalue weighted by atomic mass is 9.97. The molecule has 1 saturated heterocycles. The molecule has 1 aromatic heterocycles. The quantitative estimate of drug-likeness (QED) is 0.909. The van der Waals surface area contributed by atoms with E-state index in [2.05, 4.69) is 4.98 Å². The number of halogens is 3. The van der Waals surface area contributed by atoms with E-state index in [1.807, 2.05) is 0 Å². The fraction of sp³-hybridized carbons (Fsp3) is 0.636. The molecule has 106 valence electrons. The predicted molar refractivity (Wildman–Crippen MR) is 61.2 cm³/mol. The first-order valence-electron chi connectivity index (χ1n) is 5.70. The smallest absolute Gasteiger partial charge is 0.435 e. The van der Waals surface area contributed by atoms with Gasteiger partial charge < -0.3 is 9.84 Å². The second kappa shape index (κ2) is 4.75.